The summed E-state index contributed by atoms with van der Waals surface area (Å²) in [5, 5.41) is 2.97. The first-order valence-corrected chi connectivity index (χ1v) is 10.2. The number of rotatable bonds is 5. The highest BCUT2D eigenvalue weighted by molar-refractivity contribution is 7.90. The van der Waals surface area contributed by atoms with E-state index in [9.17, 15) is 13.2 Å². The molecular weight excluding hydrogens is 350 g/mol. The fourth-order valence-electron chi connectivity index (χ4n) is 2.81. The minimum atomic E-state index is -3.24. The highest BCUT2D eigenvalue weighted by Crippen LogP contribution is 2.20. The third-order valence-corrected chi connectivity index (χ3v) is 5.38. The summed E-state index contributed by atoms with van der Waals surface area (Å²) in [6, 6.07) is 10.2. The molecule has 0 radical (unpaired) electrons. The molecule has 0 unspecified atom stereocenters. The van der Waals surface area contributed by atoms with E-state index in [0.717, 1.165) is 11.1 Å². The van der Waals surface area contributed by atoms with Crippen LogP contribution in [-0.2, 0) is 9.84 Å². The largest absolute Gasteiger partial charge is 0.344 e. The number of fused-ring (bicyclic) bond motifs is 1. The number of carbonyl (C=O) groups excluding carboxylic acids is 1. The molecule has 0 spiro atoms. The van der Waals surface area contributed by atoms with Gasteiger partial charge in [0, 0.05) is 18.6 Å². The van der Waals surface area contributed by atoms with Crippen molar-refractivity contribution >= 4 is 21.4 Å². The highest BCUT2D eigenvalue weighted by Gasteiger charge is 2.17. The smallest absolute Gasteiger partial charge is 0.271 e. The van der Waals surface area contributed by atoms with Crippen molar-refractivity contribution in [3.05, 3.63) is 65.6 Å². The maximum Gasteiger partial charge on any atom is 0.271 e. The lowest BCUT2D eigenvalue weighted by molar-refractivity contribution is 0.0931. The van der Waals surface area contributed by atoms with Crippen LogP contribution in [0.5, 0.6) is 0 Å². The first-order chi connectivity index (χ1) is 12.3. The quantitative estimate of drug-likeness (QED) is 0.748. The molecule has 0 saturated carbocycles. The number of benzene rings is 1. The van der Waals surface area contributed by atoms with Crippen LogP contribution in [0.25, 0.3) is 5.65 Å². The Bertz CT molecular complexity index is 1050. The Balaban J connectivity index is 1.81. The maximum absolute atomic E-state index is 12.6. The summed E-state index contributed by atoms with van der Waals surface area (Å²) in [6.45, 7) is 3.94. The molecule has 0 aliphatic heterocycles. The molecule has 1 atom stereocenters. The Labute approximate surface area is 152 Å². The molecule has 3 aromatic rings. The topological polar surface area (TPSA) is 80.5 Å². The van der Waals surface area contributed by atoms with Crippen LogP contribution in [0.15, 0.2) is 53.7 Å². The van der Waals surface area contributed by atoms with E-state index in [1.807, 2.05) is 36.6 Å². The highest BCUT2D eigenvalue weighted by atomic mass is 32.2. The summed E-state index contributed by atoms with van der Waals surface area (Å²) in [4.78, 5) is 17.2. The molecule has 1 aromatic carbocycles. The zero-order chi connectivity index (χ0) is 18.9. The molecule has 2 heterocycles. The third-order valence-electron chi connectivity index (χ3n) is 4.26. The summed E-state index contributed by atoms with van der Waals surface area (Å²) in [5.74, 6) is -0.259. The number of nitrogens with one attached hydrogen (secondary N) is 1. The van der Waals surface area contributed by atoms with Crippen molar-refractivity contribution in [1.29, 1.82) is 0 Å². The normalized spacial score (nSPS) is 12.9. The van der Waals surface area contributed by atoms with Crippen LogP contribution in [0.1, 0.15) is 41.0 Å². The van der Waals surface area contributed by atoms with Crippen molar-refractivity contribution < 1.29 is 13.2 Å². The van der Waals surface area contributed by atoms with E-state index in [0.29, 0.717) is 17.8 Å². The number of aryl methyl sites for hydroxylation is 1. The van der Waals surface area contributed by atoms with Crippen LogP contribution in [0, 0.1) is 6.92 Å². The average Bonchev–Trinajstić information content (AvgIpc) is 3.02. The fourth-order valence-corrected chi connectivity index (χ4v) is 3.44. The van der Waals surface area contributed by atoms with Crippen molar-refractivity contribution in [3.63, 3.8) is 0 Å². The Morgan fingerprint density at radius 3 is 2.46 bits per heavy atom. The zero-order valence-electron chi connectivity index (χ0n) is 14.9. The molecule has 0 saturated heterocycles. The van der Waals surface area contributed by atoms with Crippen LogP contribution < -0.4 is 5.32 Å². The summed E-state index contributed by atoms with van der Waals surface area (Å²) in [6.07, 6.45) is 5.47. The van der Waals surface area contributed by atoms with Crippen LogP contribution >= 0.6 is 0 Å². The van der Waals surface area contributed by atoms with Crippen molar-refractivity contribution in [2.24, 2.45) is 0 Å². The van der Waals surface area contributed by atoms with E-state index in [4.69, 9.17) is 0 Å². The summed E-state index contributed by atoms with van der Waals surface area (Å²) in [5.41, 5.74) is 3.00. The molecule has 2 aromatic heterocycles. The number of imidazole rings is 1. The van der Waals surface area contributed by atoms with Gasteiger partial charge in [-0.25, -0.2) is 13.4 Å². The van der Waals surface area contributed by atoms with Crippen molar-refractivity contribution in [2.45, 2.75) is 31.2 Å². The third kappa shape index (κ3) is 3.77. The molecule has 0 bridgehead atoms. The van der Waals surface area contributed by atoms with Crippen LogP contribution in [0.2, 0.25) is 0 Å². The number of sulfone groups is 1. The predicted octanol–water partition coefficient (Wildman–Crippen LogP) is 2.93. The predicted molar refractivity (Wildman–Crippen MR) is 100.0 cm³/mol. The standard InChI is InChI=1S/C19H21N3O3S/c1-4-16(14-6-8-15(9-7-14)26(3,24)25)21-19(23)17-12-22-11-13(2)5-10-18(22)20-17/h5-12,16H,4H2,1-3H3,(H,21,23)/t16-/m1/s1. The fraction of sp³-hybridized carbons (Fsp3) is 0.263. The van der Waals surface area contributed by atoms with E-state index in [2.05, 4.69) is 10.3 Å². The lowest BCUT2D eigenvalue weighted by atomic mass is 10.0. The van der Waals surface area contributed by atoms with Crippen LogP contribution in [0.4, 0.5) is 0 Å². The van der Waals surface area contributed by atoms with Crippen LogP contribution in [0.3, 0.4) is 0 Å². The Morgan fingerprint density at radius 2 is 1.85 bits per heavy atom. The molecule has 7 heteroatoms. The molecule has 26 heavy (non-hydrogen) atoms. The van der Waals surface area contributed by atoms with E-state index in [-0.39, 0.29) is 16.8 Å². The van der Waals surface area contributed by atoms with E-state index < -0.39 is 9.84 Å². The summed E-state index contributed by atoms with van der Waals surface area (Å²) in [7, 11) is -3.24. The van der Waals surface area contributed by atoms with Gasteiger partial charge in [0.15, 0.2) is 9.84 Å². The van der Waals surface area contributed by atoms with E-state index >= 15 is 0 Å². The number of hydrogen-bond acceptors (Lipinski definition) is 4. The van der Waals surface area contributed by atoms with Gasteiger partial charge in [0.2, 0.25) is 0 Å². The Morgan fingerprint density at radius 1 is 1.15 bits per heavy atom. The Kier molecular flexibility index (Phi) is 4.82. The molecule has 0 aliphatic rings. The second-order valence-corrected chi connectivity index (χ2v) is 8.39. The molecule has 1 amide bonds. The van der Waals surface area contributed by atoms with Gasteiger partial charge in [0.1, 0.15) is 11.3 Å². The van der Waals surface area contributed by atoms with E-state index in [1.165, 1.54) is 6.26 Å². The second-order valence-electron chi connectivity index (χ2n) is 6.37. The van der Waals surface area contributed by atoms with Crippen molar-refractivity contribution in [2.75, 3.05) is 6.26 Å². The molecular formula is C19H21N3O3S. The van der Waals surface area contributed by atoms with Gasteiger partial charge < -0.3 is 9.72 Å². The van der Waals surface area contributed by atoms with Crippen LogP contribution in [-0.4, -0.2) is 30.0 Å². The minimum Gasteiger partial charge on any atom is -0.344 e. The van der Waals surface area contributed by atoms with Gasteiger partial charge in [-0.3, -0.25) is 4.79 Å². The van der Waals surface area contributed by atoms with Gasteiger partial charge in [-0.1, -0.05) is 25.1 Å². The number of nitrogens with zero attached hydrogens (tertiary/aromatic N) is 2. The second kappa shape index (κ2) is 6.92. The minimum absolute atomic E-state index is 0.220. The molecule has 3 rings (SSSR count). The van der Waals surface area contributed by atoms with Gasteiger partial charge in [0.05, 0.1) is 10.9 Å². The van der Waals surface area contributed by atoms with Gasteiger partial charge in [-0.2, -0.15) is 0 Å². The number of carbonyl (C=O) groups is 1. The molecule has 6 nitrogen and oxygen atoms in total. The molecule has 1 N–H and O–H groups in total. The number of aromatic nitrogens is 2. The molecule has 0 fully saturated rings. The SMILES string of the molecule is CC[C@@H](NC(=O)c1cn2cc(C)ccc2n1)c1ccc(S(C)(=O)=O)cc1. The maximum atomic E-state index is 12.6. The number of amides is 1. The lowest BCUT2D eigenvalue weighted by Crippen LogP contribution is -2.28. The zero-order valence-corrected chi connectivity index (χ0v) is 15.7. The molecule has 136 valence electrons. The first kappa shape index (κ1) is 18.1. The summed E-state index contributed by atoms with van der Waals surface area (Å²) < 4.78 is 25.0. The Hall–Kier alpha value is -2.67. The molecule has 0 aliphatic carbocycles. The summed E-state index contributed by atoms with van der Waals surface area (Å²) >= 11 is 0. The first-order valence-electron chi connectivity index (χ1n) is 8.34. The number of hydrogen-bond donors (Lipinski definition) is 1. The van der Waals surface area contributed by atoms with Gasteiger partial charge in [0.25, 0.3) is 5.91 Å². The number of pyridine rings is 1. The van der Waals surface area contributed by atoms with Gasteiger partial charge >= 0.3 is 0 Å². The van der Waals surface area contributed by atoms with Crippen molar-refractivity contribution in [1.82, 2.24) is 14.7 Å². The average molecular weight is 371 g/mol. The monoisotopic (exact) mass is 371 g/mol. The van der Waals surface area contributed by atoms with Gasteiger partial charge in [-0.05, 0) is 42.7 Å². The van der Waals surface area contributed by atoms with E-state index in [1.54, 1.807) is 30.5 Å². The lowest BCUT2D eigenvalue weighted by Gasteiger charge is -2.17. The van der Waals surface area contributed by atoms with Crippen molar-refractivity contribution in [3.8, 4) is 0 Å². The van der Waals surface area contributed by atoms with Gasteiger partial charge in [-0.15, -0.1) is 0 Å².